The van der Waals surface area contributed by atoms with Crippen LogP contribution in [0.4, 0.5) is 0 Å². The van der Waals surface area contributed by atoms with Gasteiger partial charge in [-0.05, 0) is 85.5 Å². The molecule has 0 aliphatic carbocycles. The average molecular weight is 504 g/mol. The molecule has 192 valence electrons. The minimum absolute atomic E-state index is 1.04. The van der Waals surface area contributed by atoms with Crippen molar-refractivity contribution in [3.8, 4) is 0 Å². The van der Waals surface area contributed by atoms with Gasteiger partial charge in [-0.1, -0.05) is 64.2 Å². The Morgan fingerprint density at radius 1 is 0.618 bits per heavy atom. The Balaban J connectivity index is 1.73. The largest absolute Gasteiger partial charge is 0.294 e. The Morgan fingerprint density at radius 3 is 1.47 bits per heavy atom. The summed E-state index contributed by atoms with van der Waals surface area (Å²) in [6.45, 7) is 3.72. The van der Waals surface area contributed by atoms with Crippen LogP contribution in [0.25, 0.3) is 5.57 Å². The van der Waals surface area contributed by atoms with E-state index >= 15 is 0 Å². The van der Waals surface area contributed by atoms with E-state index in [0.29, 0.717) is 0 Å². The predicted molar refractivity (Wildman–Crippen MR) is 158 cm³/mol. The summed E-state index contributed by atoms with van der Waals surface area (Å²) in [4.78, 5) is 4.18. The summed E-state index contributed by atoms with van der Waals surface area (Å²) in [6.07, 6.45) is 33.1. The molecule has 2 rings (SSSR count). The molecule has 0 aromatic carbocycles. The van der Waals surface area contributed by atoms with Crippen LogP contribution in [0.3, 0.4) is 0 Å². The van der Waals surface area contributed by atoms with Crippen LogP contribution < -0.4 is 0 Å². The van der Waals surface area contributed by atoms with Crippen LogP contribution in [0.5, 0.6) is 0 Å². The highest BCUT2D eigenvalue weighted by Crippen LogP contribution is 2.26. The van der Waals surface area contributed by atoms with Crippen LogP contribution in [0.1, 0.15) is 108 Å². The molecule has 0 fully saturated rings. The van der Waals surface area contributed by atoms with E-state index in [0.717, 1.165) is 22.5 Å². The summed E-state index contributed by atoms with van der Waals surface area (Å²) < 4.78 is 1.15. The van der Waals surface area contributed by atoms with Gasteiger partial charge in [0.15, 0.2) is 0 Å². The van der Waals surface area contributed by atoms with Crippen LogP contribution in [-0.2, 0) is 0 Å². The number of thiol groups is 2. The van der Waals surface area contributed by atoms with Gasteiger partial charge >= 0.3 is 0 Å². The highest BCUT2D eigenvalue weighted by Gasteiger charge is 2.25. The number of unbranched alkanes of at least 4 members (excludes halogenated alkanes) is 14. The Labute approximate surface area is 222 Å². The minimum atomic E-state index is 1.04. The first-order valence-corrected chi connectivity index (χ1v) is 15.4. The standard InChI is InChI=1S/C30H50N2S2/c33-27-15-11-7-3-1-5-9-13-23-32(24-14-10-6-2-4-8-12-16-28-34)25-19-30(20-26-32)29-17-21-31-22-18-29/h17-22,25H,1-16,23-24,26-28H2,(H-,33,34)/p+1. The zero-order chi connectivity index (χ0) is 24.2. The zero-order valence-electron chi connectivity index (χ0n) is 21.7. The summed E-state index contributed by atoms with van der Waals surface area (Å²) in [7, 11) is 0. The van der Waals surface area contributed by atoms with Crippen molar-refractivity contribution < 1.29 is 4.48 Å². The number of hydrogen-bond acceptors (Lipinski definition) is 3. The summed E-state index contributed by atoms with van der Waals surface area (Å²) >= 11 is 8.63. The van der Waals surface area contributed by atoms with Crippen molar-refractivity contribution in [2.45, 2.75) is 103 Å². The number of allylic oxidation sites excluding steroid dienone is 2. The van der Waals surface area contributed by atoms with Crippen molar-refractivity contribution in [1.29, 1.82) is 0 Å². The maximum Gasteiger partial charge on any atom is 0.102 e. The fraction of sp³-hybridized carbons (Fsp3) is 0.700. The van der Waals surface area contributed by atoms with E-state index in [1.165, 1.54) is 127 Å². The molecule has 0 saturated heterocycles. The first-order chi connectivity index (χ1) is 16.8. The normalized spacial score (nSPS) is 14.9. The van der Waals surface area contributed by atoms with Crippen molar-refractivity contribution in [3.63, 3.8) is 0 Å². The smallest absolute Gasteiger partial charge is 0.102 e. The maximum absolute atomic E-state index is 4.32. The summed E-state index contributed by atoms with van der Waals surface area (Å²) in [5.41, 5.74) is 2.65. The van der Waals surface area contributed by atoms with E-state index in [2.05, 4.69) is 60.7 Å². The molecular formula is C30H51N2S2+. The van der Waals surface area contributed by atoms with Crippen LogP contribution in [0.2, 0.25) is 0 Å². The van der Waals surface area contributed by atoms with E-state index in [1.54, 1.807) is 0 Å². The minimum Gasteiger partial charge on any atom is -0.294 e. The zero-order valence-corrected chi connectivity index (χ0v) is 23.5. The second-order valence-corrected chi connectivity index (χ2v) is 11.1. The predicted octanol–water partition coefficient (Wildman–Crippen LogP) is 8.91. The quantitative estimate of drug-likeness (QED) is 0.0970. The highest BCUT2D eigenvalue weighted by molar-refractivity contribution is 7.80. The number of nitrogens with zero attached hydrogens (tertiary/aromatic N) is 2. The second kappa shape index (κ2) is 19.5. The SMILES string of the molecule is SCCCCCCCCCC[N+]1(CCCCCCCCCCS)C=CC(c2ccncc2)=CC1. The summed E-state index contributed by atoms with van der Waals surface area (Å²) in [6, 6.07) is 4.26. The van der Waals surface area contributed by atoms with E-state index in [1.807, 2.05) is 12.4 Å². The van der Waals surface area contributed by atoms with Gasteiger partial charge in [0.05, 0.1) is 19.3 Å². The molecule has 2 nitrogen and oxygen atoms in total. The molecule has 2 heterocycles. The summed E-state index contributed by atoms with van der Waals surface area (Å²) in [5, 5.41) is 0. The molecule has 0 atom stereocenters. The monoisotopic (exact) mass is 503 g/mol. The molecule has 0 N–H and O–H groups in total. The molecular weight excluding hydrogens is 452 g/mol. The third kappa shape index (κ3) is 12.8. The molecule has 1 aromatic heterocycles. The third-order valence-corrected chi connectivity index (χ3v) is 7.91. The van der Waals surface area contributed by atoms with Crippen LogP contribution >= 0.6 is 25.3 Å². The Morgan fingerprint density at radius 2 is 1.06 bits per heavy atom. The summed E-state index contributed by atoms with van der Waals surface area (Å²) in [5.74, 6) is 2.09. The van der Waals surface area contributed by atoms with E-state index < -0.39 is 0 Å². The molecule has 1 aliphatic rings. The molecule has 4 heteroatoms. The van der Waals surface area contributed by atoms with Gasteiger partial charge in [-0.3, -0.25) is 9.47 Å². The lowest BCUT2D eigenvalue weighted by Crippen LogP contribution is -2.45. The lowest BCUT2D eigenvalue weighted by molar-refractivity contribution is -0.874. The van der Waals surface area contributed by atoms with Crippen molar-refractivity contribution in [2.24, 2.45) is 0 Å². The molecule has 0 bridgehead atoms. The molecule has 0 spiro atoms. The number of pyridine rings is 1. The van der Waals surface area contributed by atoms with Gasteiger partial charge < -0.3 is 0 Å². The second-order valence-electron chi connectivity index (χ2n) is 10.2. The van der Waals surface area contributed by atoms with Gasteiger partial charge in [-0.25, -0.2) is 0 Å². The first kappa shape index (κ1) is 29.5. The van der Waals surface area contributed by atoms with Gasteiger partial charge in [-0.15, -0.1) is 0 Å². The number of hydrogen-bond donors (Lipinski definition) is 2. The topological polar surface area (TPSA) is 12.9 Å². The van der Waals surface area contributed by atoms with Crippen molar-refractivity contribution in [2.75, 3.05) is 31.1 Å². The van der Waals surface area contributed by atoms with Gasteiger partial charge in [0.25, 0.3) is 0 Å². The fourth-order valence-electron chi connectivity index (χ4n) is 5.05. The van der Waals surface area contributed by atoms with Crippen molar-refractivity contribution in [3.05, 3.63) is 48.4 Å². The molecule has 0 amide bonds. The fourth-order valence-corrected chi connectivity index (χ4v) is 5.49. The van der Waals surface area contributed by atoms with E-state index in [9.17, 15) is 0 Å². The Kier molecular flexibility index (Phi) is 16.9. The third-order valence-electron chi connectivity index (χ3n) is 7.28. The van der Waals surface area contributed by atoms with E-state index in [-0.39, 0.29) is 0 Å². The van der Waals surface area contributed by atoms with Gasteiger partial charge in [0, 0.05) is 12.4 Å². The van der Waals surface area contributed by atoms with Gasteiger partial charge in [0.1, 0.15) is 6.54 Å². The Hall–Kier alpha value is -0.710. The molecule has 34 heavy (non-hydrogen) atoms. The van der Waals surface area contributed by atoms with E-state index in [4.69, 9.17) is 0 Å². The molecule has 1 aromatic rings. The van der Waals surface area contributed by atoms with Crippen molar-refractivity contribution in [1.82, 2.24) is 4.98 Å². The number of quaternary nitrogens is 1. The first-order valence-electron chi connectivity index (χ1n) is 14.2. The van der Waals surface area contributed by atoms with Crippen LogP contribution in [0, 0.1) is 0 Å². The molecule has 0 radical (unpaired) electrons. The number of rotatable bonds is 21. The highest BCUT2D eigenvalue weighted by atomic mass is 32.1. The molecule has 0 unspecified atom stereocenters. The van der Waals surface area contributed by atoms with Gasteiger partial charge in [0.2, 0.25) is 0 Å². The average Bonchev–Trinajstić information content (AvgIpc) is 2.88. The molecule has 1 aliphatic heterocycles. The maximum atomic E-state index is 4.32. The molecule has 0 saturated carbocycles. The lowest BCUT2D eigenvalue weighted by atomic mass is 10.0. The van der Waals surface area contributed by atoms with Crippen molar-refractivity contribution >= 4 is 30.8 Å². The lowest BCUT2D eigenvalue weighted by Gasteiger charge is -2.36. The number of aromatic nitrogens is 1. The van der Waals surface area contributed by atoms with Crippen LogP contribution in [-0.4, -0.2) is 40.6 Å². The Bertz CT molecular complexity index is 650. The van der Waals surface area contributed by atoms with Gasteiger partial charge in [-0.2, -0.15) is 25.3 Å². The van der Waals surface area contributed by atoms with Crippen LogP contribution in [0.15, 0.2) is 42.9 Å².